The summed E-state index contributed by atoms with van der Waals surface area (Å²) in [5.41, 5.74) is -1.03. The fourth-order valence-corrected chi connectivity index (χ4v) is 8.95. The zero-order valence-corrected chi connectivity index (χ0v) is 33.9. The van der Waals surface area contributed by atoms with E-state index in [0.717, 1.165) is 42.2 Å². The summed E-state index contributed by atoms with van der Waals surface area (Å²) in [5.74, 6) is -0.785. The van der Waals surface area contributed by atoms with E-state index in [-0.39, 0.29) is 47.7 Å². The summed E-state index contributed by atoms with van der Waals surface area (Å²) in [4.78, 5) is 61.3. The molecule has 4 saturated heterocycles. The number of alkyl halides is 3. The SMILES string of the molecule is CCc1cc(N2C(=S)N(c3cnc(C#N)c(C(F)(F)F)c3)C(=O)C2(C)C)ccc1OCCN1C[C@@H]2C[C@H]1CN2CC(=O)Nc1cc(Cl)cc(NC2CCC(=O)NC2=O)c1. The van der Waals surface area contributed by atoms with Crippen molar-refractivity contribution in [3.05, 3.63) is 70.5 Å². The van der Waals surface area contributed by atoms with Crippen LogP contribution in [0.15, 0.2) is 48.7 Å². The number of hydrogen-bond donors (Lipinski definition) is 3. The van der Waals surface area contributed by atoms with E-state index >= 15 is 0 Å². The van der Waals surface area contributed by atoms with Crippen molar-refractivity contribution in [2.75, 3.05) is 53.2 Å². The number of imide groups is 1. The van der Waals surface area contributed by atoms with Crippen LogP contribution in [-0.4, -0.2) is 100.0 Å². The number of likely N-dealkylation sites (tertiary alicyclic amines) is 2. The molecule has 2 bridgehead atoms. The Morgan fingerprint density at radius 3 is 2.49 bits per heavy atom. The number of amides is 4. The van der Waals surface area contributed by atoms with Gasteiger partial charge in [-0.15, -0.1) is 0 Å². The molecule has 59 heavy (non-hydrogen) atoms. The first-order valence-electron chi connectivity index (χ1n) is 19.1. The average Bonchev–Trinajstić information content (AvgIpc) is 3.80. The van der Waals surface area contributed by atoms with Crippen molar-refractivity contribution in [2.24, 2.45) is 0 Å². The average molecular weight is 852 g/mol. The first kappa shape index (κ1) is 41.8. The molecule has 4 aliphatic heterocycles. The van der Waals surface area contributed by atoms with Gasteiger partial charge in [0.15, 0.2) is 10.8 Å². The Morgan fingerprint density at radius 2 is 1.81 bits per heavy atom. The number of thiocarbonyl (C=S) groups is 1. The van der Waals surface area contributed by atoms with Gasteiger partial charge in [0, 0.05) is 60.2 Å². The van der Waals surface area contributed by atoms with Crippen LogP contribution < -0.4 is 30.5 Å². The molecule has 19 heteroatoms. The Morgan fingerprint density at radius 1 is 1.08 bits per heavy atom. The second kappa shape index (κ2) is 16.4. The number of aryl methyl sites for hydroxylation is 1. The van der Waals surface area contributed by atoms with Gasteiger partial charge < -0.3 is 20.3 Å². The van der Waals surface area contributed by atoms with Crippen LogP contribution in [0.4, 0.5) is 35.9 Å². The second-order valence-corrected chi connectivity index (χ2v) is 16.2. The Hall–Kier alpha value is -5.35. The van der Waals surface area contributed by atoms with Gasteiger partial charge in [-0.3, -0.25) is 39.2 Å². The van der Waals surface area contributed by atoms with Gasteiger partial charge in [-0.2, -0.15) is 18.4 Å². The lowest BCUT2D eigenvalue weighted by molar-refractivity contribution is -0.138. The van der Waals surface area contributed by atoms with Crippen LogP contribution in [0.2, 0.25) is 5.02 Å². The monoisotopic (exact) mass is 851 g/mol. The zero-order chi connectivity index (χ0) is 42.4. The van der Waals surface area contributed by atoms with Crippen LogP contribution >= 0.6 is 23.8 Å². The fourth-order valence-electron chi connectivity index (χ4n) is 8.19. The minimum absolute atomic E-state index is 0.0242. The predicted octanol–water partition coefficient (Wildman–Crippen LogP) is 5.10. The lowest BCUT2D eigenvalue weighted by Gasteiger charge is -2.33. The second-order valence-electron chi connectivity index (χ2n) is 15.4. The standard InChI is InChI=1S/C40H41ClF3N9O5S/c1-4-22-11-26(53-38(59)52(37(57)39(53,2)3)27-16-30(40(42,43)44)32(17-45)46-18-27)5-7-33(22)58-10-9-50-19-29-15-28(50)20-51(29)21-35(55)48-25-13-23(41)12-24(14-25)47-31-6-8-34(54)49-36(31)56/h5,7,11-14,16,18,28-29,31,47H,4,6,8-10,15,19-21H2,1-3H3,(H,48,55)(H,49,54,56)/t28-,29-,31?/m0/s1. The van der Waals surface area contributed by atoms with Crippen molar-refractivity contribution >= 4 is 75.3 Å². The highest BCUT2D eigenvalue weighted by atomic mass is 35.5. The number of carbonyl (C=O) groups excluding carboxylic acids is 4. The third-order valence-electron chi connectivity index (χ3n) is 11.1. The lowest BCUT2D eigenvalue weighted by atomic mass is 10.0. The van der Waals surface area contributed by atoms with Crippen LogP contribution in [0.3, 0.4) is 0 Å². The van der Waals surface area contributed by atoms with Crippen LogP contribution in [-0.2, 0) is 31.8 Å². The van der Waals surface area contributed by atoms with Gasteiger partial charge in [-0.25, -0.2) is 4.98 Å². The molecule has 2 aromatic carbocycles. The van der Waals surface area contributed by atoms with Crippen molar-refractivity contribution in [1.29, 1.82) is 5.26 Å². The van der Waals surface area contributed by atoms with Gasteiger partial charge in [0.25, 0.3) is 5.91 Å². The van der Waals surface area contributed by atoms with E-state index in [9.17, 15) is 37.6 Å². The zero-order valence-electron chi connectivity index (χ0n) is 32.4. The smallest absolute Gasteiger partial charge is 0.419 e. The molecule has 14 nitrogen and oxygen atoms in total. The predicted molar refractivity (Wildman–Crippen MR) is 217 cm³/mol. The highest BCUT2D eigenvalue weighted by Gasteiger charge is 2.51. The van der Waals surface area contributed by atoms with E-state index < -0.39 is 40.8 Å². The summed E-state index contributed by atoms with van der Waals surface area (Å²) in [5, 5.41) is 17.9. The van der Waals surface area contributed by atoms with Gasteiger partial charge in [0.1, 0.15) is 30.0 Å². The van der Waals surface area contributed by atoms with Crippen molar-refractivity contribution in [3.63, 3.8) is 0 Å². The number of pyridine rings is 1. The van der Waals surface area contributed by atoms with Crippen LogP contribution in [0, 0.1) is 11.3 Å². The van der Waals surface area contributed by atoms with Crippen LogP contribution in [0.25, 0.3) is 0 Å². The highest BCUT2D eigenvalue weighted by Crippen LogP contribution is 2.40. The molecule has 1 unspecified atom stereocenters. The van der Waals surface area contributed by atoms with Crippen molar-refractivity contribution in [2.45, 2.75) is 76.3 Å². The van der Waals surface area contributed by atoms with E-state index in [1.807, 2.05) is 13.0 Å². The molecule has 4 fully saturated rings. The molecule has 7 rings (SSSR count). The summed E-state index contributed by atoms with van der Waals surface area (Å²) >= 11 is 12.0. The molecule has 4 amide bonds. The number of nitrogens with one attached hydrogen (secondary N) is 3. The third kappa shape index (κ3) is 8.56. The molecular formula is C40H41ClF3N9O5S. The largest absolute Gasteiger partial charge is 0.492 e. The third-order valence-corrected chi connectivity index (χ3v) is 11.7. The maximum absolute atomic E-state index is 13.7. The summed E-state index contributed by atoms with van der Waals surface area (Å²) < 4.78 is 47.5. The lowest BCUT2D eigenvalue weighted by Crippen LogP contribution is -2.49. The molecule has 3 aromatic rings. The summed E-state index contributed by atoms with van der Waals surface area (Å²) in [6.07, 6.45) is -1.71. The quantitative estimate of drug-likeness (QED) is 0.164. The molecule has 3 N–H and O–H groups in total. The van der Waals surface area contributed by atoms with E-state index in [0.29, 0.717) is 53.8 Å². The minimum Gasteiger partial charge on any atom is -0.492 e. The first-order valence-corrected chi connectivity index (χ1v) is 19.9. The number of benzene rings is 2. The minimum atomic E-state index is -4.86. The van der Waals surface area contributed by atoms with Crippen LogP contribution in [0.1, 0.15) is 56.9 Å². The van der Waals surface area contributed by atoms with Gasteiger partial charge in [-0.05, 0) is 93.4 Å². The number of halogens is 4. The molecule has 0 spiro atoms. The number of nitriles is 1. The number of carbonyl (C=O) groups is 4. The Labute approximate surface area is 348 Å². The normalized spacial score (nSPS) is 21.8. The van der Waals surface area contributed by atoms with Crippen molar-refractivity contribution < 1.29 is 37.1 Å². The number of rotatable bonds is 12. The van der Waals surface area contributed by atoms with E-state index in [4.69, 9.17) is 28.6 Å². The molecule has 1 aromatic heterocycles. The molecule has 4 aliphatic rings. The van der Waals surface area contributed by atoms with Gasteiger partial charge >= 0.3 is 6.18 Å². The van der Waals surface area contributed by atoms with E-state index in [1.54, 1.807) is 49.1 Å². The Bertz CT molecular complexity index is 2270. The highest BCUT2D eigenvalue weighted by molar-refractivity contribution is 7.81. The topological polar surface area (TPSA) is 163 Å². The number of piperidine rings is 1. The number of nitrogens with zero attached hydrogens (tertiary/aromatic N) is 6. The molecular weight excluding hydrogens is 811 g/mol. The van der Waals surface area contributed by atoms with Crippen molar-refractivity contribution in [3.8, 4) is 11.8 Å². The Balaban J connectivity index is 0.924. The molecule has 0 radical (unpaired) electrons. The number of aromatic nitrogens is 1. The first-order chi connectivity index (χ1) is 28.0. The number of piperazine rings is 1. The Kier molecular flexibility index (Phi) is 11.6. The van der Waals surface area contributed by atoms with Crippen LogP contribution in [0.5, 0.6) is 5.75 Å². The number of hydrogen-bond acceptors (Lipinski definition) is 11. The molecule has 0 saturated carbocycles. The van der Waals surface area contributed by atoms with Crippen molar-refractivity contribution in [1.82, 2.24) is 20.1 Å². The fraction of sp³-hybridized carbons (Fsp3) is 0.425. The summed E-state index contributed by atoms with van der Waals surface area (Å²) in [6, 6.07) is 12.5. The summed E-state index contributed by atoms with van der Waals surface area (Å²) in [7, 11) is 0. The van der Waals surface area contributed by atoms with Gasteiger partial charge in [-0.1, -0.05) is 18.5 Å². The molecule has 0 aliphatic carbocycles. The van der Waals surface area contributed by atoms with E-state index in [2.05, 4.69) is 30.7 Å². The number of anilines is 4. The van der Waals surface area contributed by atoms with E-state index in [1.165, 1.54) is 6.07 Å². The summed E-state index contributed by atoms with van der Waals surface area (Å²) in [6.45, 7) is 8.03. The maximum Gasteiger partial charge on any atom is 0.419 e. The maximum atomic E-state index is 13.7. The molecule has 5 heterocycles. The van der Waals surface area contributed by atoms with Gasteiger partial charge in [0.05, 0.1) is 24.0 Å². The number of ether oxygens (including phenoxy) is 1. The van der Waals surface area contributed by atoms with Gasteiger partial charge in [0.2, 0.25) is 17.7 Å². The number of fused-ring (bicyclic) bond motifs is 2. The molecule has 310 valence electrons. The molecule has 3 atom stereocenters.